The zero-order valence-electron chi connectivity index (χ0n) is 21.1. The van der Waals surface area contributed by atoms with Crippen molar-refractivity contribution in [1.29, 1.82) is 0 Å². The largest absolute Gasteiger partial charge is 0.490 e. The maximum absolute atomic E-state index is 12.9. The van der Waals surface area contributed by atoms with E-state index < -0.39 is 9.84 Å². The van der Waals surface area contributed by atoms with Gasteiger partial charge in [0.1, 0.15) is 0 Å². The van der Waals surface area contributed by atoms with Gasteiger partial charge in [0.25, 0.3) is 0 Å². The molecule has 1 saturated heterocycles. The minimum Gasteiger partial charge on any atom is -0.490 e. The lowest BCUT2D eigenvalue weighted by atomic mass is 10.2. The summed E-state index contributed by atoms with van der Waals surface area (Å²) < 4.78 is 31.6. The highest BCUT2D eigenvalue weighted by molar-refractivity contribution is 7.99. The summed E-state index contributed by atoms with van der Waals surface area (Å²) in [5.41, 5.74) is 1.67. The molecule has 12 heteroatoms. The third kappa shape index (κ3) is 6.09. The van der Waals surface area contributed by atoms with E-state index in [1.54, 1.807) is 31.4 Å². The Balaban J connectivity index is 1.42. The Kier molecular flexibility index (Phi) is 7.82. The second kappa shape index (κ2) is 11.4. The molecule has 3 heterocycles. The van der Waals surface area contributed by atoms with E-state index >= 15 is 0 Å². The minimum atomic E-state index is -3.46. The highest BCUT2D eigenvalue weighted by Gasteiger charge is 2.23. The predicted octanol–water partition coefficient (Wildman–Crippen LogP) is 3.80. The molecule has 10 nitrogen and oxygen atoms in total. The second-order valence-electron chi connectivity index (χ2n) is 8.83. The second-order valence-corrected chi connectivity index (χ2v) is 11.9. The number of piperazine rings is 1. The number of aromatic nitrogens is 4. The van der Waals surface area contributed by atoms with Gasteiger partial charge >= 0.3 is 0 Å². The number of nitrogens with one attached hydrogen (secondary N) is 3. The van der Waals surface area contributed by atoms with Crippen LogP contribution in [-0.2, 0) is 15.6 Å². The molecule has 2 aromatic heterocycles. The van der Waals surface area contributed by atoms with Gasteiger partial charge in [-0.05, 0) is 48.5 Å². The summed E-state index contributed by atoms with van der Waals surface area (Å²) in [5, 5.41) is 14.3. The van der Waals surface area contributed by atoms with Crippen LogP contribution in [-0.4, -0.2) is 61.9 Å². The molecule has 1 aliphatic heterocycles. The normalized spacial score (nSPS) is 13.9. The third-order valence-electron chi connectivity index (χ3n) is 5.99. The molecule has 2 aromatic carbocycles. The average Bonchev–Trinajstić information content (AvgIpc) is 3.34. The fraction of sp³-hybridized carbons (Fsp3) is 0.269. The quantitative estimate of drug-likeness (QED) is 0.265. The number of hydrogen-bond donors (Lipinski definition) is 3. The van der Waals surface area contributed by atoms with Gasteiger partial charge in [0.2, 0.25) is 5.75 Å². The van der Waals surface area contributed by atoms with E-state index in [4.69, 9.17) is 14.7 Å². The molecule has 0 spiro atoms. The third-order valence-corrected chi connectivity index (χ3v) is 8.57. The van der Waals surface area contributed by atoms with Crippen LogP contribution in [0.3, 0.4) is 0 Å². The summed E-state index contributed by atoms with van der Waals surface area (Å²) in [6.45, 7) is 5.18. The number of H-pyrrole nitrogens is 1. The fourth-order valence-electron chi connectivity index (χ4n) is 4.13. The lowest BCUT2D eigenvalue weighted by Crippen LogP contribution is -2.44. The van der Waals surface area contributed by atoms with Crippen LogP contribution in [0.1, 0.15) is 11.3 Å². The van der Waals surface area contributed by atoms with Crippen molar-refractivity contribution in [3.8, 4) is 5.75 Å². The molecule has 0 saturated carbocycles. The topological polar surface area (TPSA) is 125 Å². The van der Waals surface area contributed by atoms with E-state index in [0.29, 0.717) is 28.4 Å². The van der Waals surface area contributed by atoms with Crippen molar-refractivity contribution >= 4 is 39.1 Å². The SMILES string of the molecule is COc1c(Nc2cc(C)[nH]n2)nc(Sc2ccc(S(=O)(=O)Cc3ccccc3)cc2)nc1N1CCNCC1. The number of benzene rings is 2. The van der Waals surface area contributed by atoms with Gasteiger partial charge in [0.05, 0.1) is 17.8 Å². The highest BCUT2D eigenvalue weighted by atomic mass is 32.2. The minimum absolute atomic E-state index is 0.0440. The molecule has 0 bridgehead atoms. The molecule has 1 fully saturated rings. The Hall–Kier alpha value is -3.61. The first-order valence-electron chi connectivity index (χ1n) is 12.2. The first kappa shape index (κ1) is 26.0. The molecule has 198 valence electrons. The summed E-state index contributed by atoms with van der Waals surface area (Å²) in [6.07, 6.45) is 0. The number of anilines is 3. The van der Waals surface area contributed by atoms with Gasteiger partial charge in [-0.15, -0.1) is 0 Å². The first-order chi connectivity index (χ1) is 18.4. The lowest BCUT2D eigenvalue weighted by molar-refractivity contribution is 0.409. The summed E-state index contributed by atoms with van der Waals surface area (Å²) in [6, 6.07) is 17.9. The van der Waals surface area contributed by atoms with Gasteiger partial charge in [0, 0.05) is 42.8 Å². The Morgan fingerprint density at radius 2 is 1.79 bits per heavy atom. The van der Waals surface area contributed by atoms with Gasteiger partial charge < -0.3 is 20.3 Å². The molecule has 0 aliphatic carbocycles. The number of sulfone groups is 1. The Bertz CT molecular complexity index is 1490. The van der Waals surface area contributed by atoms with E-state index in [2.05, 4.69) is 25.7 Å². The number of aromatic amines is 1. The zero-order valence-corrected chi connectivity index (χ0v) is 22.8. The smallest absolute Gasteiger partial charge is 0.204 e. The van der Waals surface area contributed by atoms with Crippen molar-refractivity contribution in [1.82, 2.24) is 25.5 Å². The molecule has 0 unspecified atom stereocenters. The van der Waals surface area contributed by atoms with E-state index in [1.807, 2.05) is 43.3 Å². The number of ether oxygens (including phenoxy) is 1. The number of hydrogen-bond acceptors (Lipinski definition) is 10. The van der Waals surface area contributed by atoms with Gasteiger partial charge in [-0.1, -0.05) is 30.3 Å². The molecule has 0 radical (unpaired) electrons. The Labute approximate surface area is 226 Å². The van der Waals surface area contributed by atoms with Gasteiger partial charge in [-0.25, -0.2) is 18.4 Å². The van der Waals surface area contributed by atoms with Crippen molar-refractivity contribution in [3.63, 3.8) is 0 Å². The number of aryl methyl sites for hydroxylation is 1. The van der Waals surface area contributed by atoms with Crippen LogP contribution < -0.4 is 20.3 Å². The molecule has 4 aromatic rings. The van der Waals surface area contributed by atoms with Crippen LogP contribution >= 0.6 is 11.8 Å². The lowest BCUT2D eigenvalue weighted by Gasteiger charge is -2.30. The standard InChI is InChI=1S/C26H29N7O3S2/c1-18-16-22(32-31-18)28-24-23(36-2)25(33-14-12-27-13-15-33)30-26(29-24)37-20-8-10-21(11-9-20)38(34,35)17-19-6-4-3-5-7-19/h3-11,16,27H,12-15,17H2,1-2H3,(H2,28,29,30,31,32). The average molecular weight is 552 g/mol. The molecule has 0 atom stereocenters. The Morgan fingerprint density at radius 1 is 1.05 bits per heavy atom. The van der Waals surface area contributed by atoms with Crippen LogP contribution in [0.4, 0.5) is 17.5 Å². The fourth-order valence-corrected chi connectivity index (χ4v) is 6.23. The van der Waals surface area contributed by atoms with Gasteiger partial charge in [0.15, 0.2) is 32.4 Å². The van der Waals surface area contributed by atoms with E-state index in [1.165, 1.54) is 11.8 Å². The highest BCUT2D eigenvalue weighted by Crippen LogP contribution is 2.38. The molecular weight excluding hydrogens is 522 g/mol. The van der Waals surface area contributed by atoms with Crippen molar-refractivity contribution in [2.45, 2.75) is 27.6 Å². The van der Waals surface area contributed by atoms with Crippen LogP contribution in [0.15, 0.2) is 75.6 Å². The van der Waals surface area contributed by atoms with Crippen LogP contribution in [0.25, 0.3) is 0 Å². The summed E-state index contributed by atoms with van der Waals surface area (Å²) >= 11 is 1.36. The van der Waals surface area contributed by atoms with Gasteiger partial charge in [-0.2, -0.15) is 5.10 Å². The van der Waals surface area contributed by atoms with Gasteiger partial charge in [-0.3, -0.25) is 5.10 Å². The summed E-state index contributed by atoms with van der Waals surface area (Å²) in [7, 11) is -1.86. The zero-order chi connectivity index (χ0) is 26.5. The number of rotatable bonds is 9. The molecular formula is C26H29N7O3S2. The summed E-state index contributed by atoms with van der Waals surface area (Å²) in [5.74, 6) is 2.32. The monoisotopic (exact) mass is 551 g/mol. The van der Waals surface area contributed by atoms with Crippen LogP contribution in [0.5, 0.6) is 5.75 Å². The molecule has 0 amide bonds. The van der Waals surface area contributed by atoms with Crippen molar-refractivity contribution < 1.29 is 13.2 Å². The number of methoxy groups -OCH3 is 1. The Morgan fingerprint density at radius 3 is 2.45 bits per heavy atom. The summed E-state index contributed by atoms with van der Waals surface area (Å²) in [4.78, 5) is 12.8. The van der Waals surface area contributed by atoms with E-state index in [-0.39, 0.29) is 10.6 Å². The van der Waals surface area contributed by atoms with Crippen LogP contribution in [0.2, 0.25) is 0 Å². The predicted molar refractivity (Wildman–Crippen MR) is 148 cm³/mol. The van der Waals surface area contributed by atoms with Crippen molar-refractivity contribution in [2.24, 2.45) is 0 Å². The molecule has 3 N–H and O–H groups in total. The van der Waals surface area contributed by atoms with Crippen molar-refractivity contribution in [3.05, 3.63) is 71.9 Å². The van der Waals surface area contributed by atoms with E-state index in [9.17, 15) is 8.42 Å². The molecule has 5 rings (SSSR count). The first-order valence-corrected chi connectivity index (χ1v) is 14.6. The molecule has 1 aliphatic rings. The maximum Gasteiger partial charge on any atom is 0.204 e. The van der Waals surface area contributed by atoms with Crippen molar-refractivity contribution in [2.75, 3.05) is 43.5 Å². The maximum atomic E-state index is 12.9. The van der Waals surface area contributed by atoms with E-state index in [0.717, 1.165) is 42.3 Å². The number of nitrogens with zero attached hydrogens (tertiary/aromatic N) is 4. The molecule has 38 heavy (non-hydrogen) atoms. The van der Waals surface area contributed by atoms with Crippen LogP contribution in [0, 0.1) is 6.92 Å².